The molecule has 5 aliphatic heterocycles. The van der Waals surface area contributed by atoms with Gasteiger partial charge in [0.15, 0.2) is 0 Å². The Hall–Kier alpha value is -0.120. The van der Waals surface area contributed by atoms with E-state index in [9.17, 15) is 0 Å². The van der Waals surface area contributed by atoms with Gasteiger partial charge in [0, 0.05) is 17.9 Å². The summed E-state index contributed by atoms with van der Waals surface area (Å²) in [6, 6.07) is 0. The van der Waals surface area contributed by atoms with Crippen LogP contribution in [0.3, 0.4) is 0 Å². The summed E-state index contributed by atoms with van der Waals surface area (Å²) in [7, 11) is 0. The Balaban J connectivity index is 1.66. The third-order valence-corrected chi connectivity index (χ3v) is 6.70. The molecular formula is C15H24N2O. The third-order valence-electron chi connectivity index (χ3n) is 6.70. The van der Waals surface area contributed by atoms with E-state index in [2.05, 4.69) is 10.2 Å². The Kier molecular flexibility index (Phi) is 2.07. The number of hydrogen-bond acceptors (Lipinski definition) is 3. The van der Waals surface area contributed by atoms with Gasteiger partial charge in [0.25, 0.3) is 0 Å². The van der Waals surface area contributed by atoms with Crippen molar-refractivity contribution in [1.29, 1.82) is 0 Å². The van der Waals surface area contributed by atoms with Gasteiger partial charge in [-0.1, -0.05) is 6.42 Å². The van der Waals surface area contributed by atoms with Crippen LogP contribution in [0.4, 0.5) is 0 Å². The first-order valence-electron chi connectivity index (χ1n) is 8.06. The van der Waals surface area contributed by atoms with Gasteiger partial charge in [-0.3, -0.25) is 4.90 Å². The molecular weight excluding hydrogens is 224 g/mol. The summed E-state index contributed by atoms with van der Waals surface area (Å²) in [4.78, 5) is 2.70. The van der Waals surface area contributed by atoms with Crippen molar-refractivity contribution >= 4 is 0 Å². The van der Waals surface area contributed by atoms with Crippen molar-refractivity contribution in [3.8, 4) is 0 Å². The number of hydrogen-bond donors (Lipinski definition) is 1. The zero-order valence-corrected chi connectivity index (χ0v) is 11.1. The van der Waals surface area contributed by atoms with Gasteiger partial charge in [-0.05, 0) is 51.0 Å². The summed E-state index contributed by atoms with van der Waals surface area (Å²) >= 11 is 0. The normalized spacial score (nSPS) is 61.3. The molecule has 100 valence electrons. The van der Waals surface area contributed by atoms with Gasteiger partial charge in [-0.15, -0.1) is 0 Å². The van der Waals surface area contributed by atoms with Crippen molar-refractivity contribution in [2.24, 2.45) is 17.3 Å². The number of ether oxygens (including phenoxy) is 1. The molecule has 0 aromatic rings. The molecule has 1 saturated carbocycles. The highest BCUT2D eigenvalue weighted by molar-refractivity contribution is 5.15. The Morgan fingerprint density at radius 3 is 3.11 bits per heavy atom. The molecule has 3 unspecified atom stereocenters. The predicted octanol–water partition coefficient (Wildman–Crippen LogP) is 1.93. The van der Waals surface area contributed by atoms with Crippen molar-refractivity contribution in [2.75, 3.05) is 13.1 Å². The zero-order chi connectivity index (χ0) is 11.7. The lowest BCUT2D eigenvalue weighted by molar-refractivity contribution is -0.355. The van der Waals surface area contributed by atoms with E-state index in [-0.39, 0.29) is 0 Å². The van der Waals surface area contributed by atoms with Crippen molar-refractivity contribution in [3.63, 3.8) is 0 Å². The molecule has 5 saturated heterocycles. The van der Waals surface area contributed by atoms with Crippen LogP contribution in [0.2, 0.25) is 0 Å². The van der Waals surface area contributed by atoms with Crippen molar-refractivity contribution < 1.29 is 4.74 Å². The maximum atomic E-state index is 6.57. The predicted molar refractivity (Wildman–Crippen MR) is 68.9 cm³/mol. The average molecular weight is 248 g/mol. The third kappa shape index (κ3) is 1.05. The fraction of sp³-hybridized carbons (Fsp3) is 1.00. The van der Waals surface area contributed by atoms with Crippen molar-refractivity contribution in [2.45, 2.75) is 63.4 Å². The molecule has 3 nitrogen and oxygen atoms in total. The lowest BCUT2D eigenvalue weighted by Gasteiger charge is -2.72. The summed E-state index contributed by atoms with van der Waals surface area (Å²) in [5.41, 5.74) is 0.482. The first kappa shape index (κ1) is 10.6. The zero-order valence-electron chi connectivity index (χ0n) is 11.1. The van der Waals surface area contributed by atoms with E-state index < -0.39 is 0 Å². The Morgan fingerprint density at radius 2 is 2.11 bits per heavy atom. The lowest BCUT2D eigenvalue weighted by atomic mass is 9.50. The Morgan fingerprint density at radius 1 is 1.11 bits per heavy atom. The maximum Gasteiger partial charge on any atom is 0.115 e. The number of nitrogens with one attached hydrogen (secondary N) is 1. The smallest absolute Gasteiger partial charge is 0.115 e. The van der Waals surface area contributed by atoms with Gasteiger partial charge in [0.2, 0.25) is 0 Å². The van der Waals surface area contributed by atoms with Crippen LogP contribution >= 0.6 is 0 Å². The second kappa shape index (κ2) is 3.50. The van der Waals surface area contributed by atoms with Gasteiger partial charge < -0.3 is 10.1 Å². The van der Waals surface area contributed by atoms with Crippen LogP contribution in [0.25, 0.3) is 0 Å². The highest BCUT2D eigenvalue weighted by atomic mass is 16.5. The minimum atomic E-state index is 0.464. The van der Waals surface area contributed by atoms with E-state index in [1.807, 2.05) is 0 Å². The summed E-state index contributed by atoms with van der Waals surface area (Å²) in [5, 5.41) is 3.87. The fourth-order valence-electron chi connectivity index (χ4n) is 6.27. The minimum Gasteiger partial charge on any atom is -0.359 e. The molecule has 0 aromatic carbocycles. The van der Waals surface area contributed by atoms with E-state index in [4.69, 9.17) is 4.74 Å². The van der Waals surface area contributed by atoms with Crippen LogP contribution in [0.15, 0.2) is 0 Å². The highest BCUT2D eigenvalue weighted by Crippen LogP contribution is 2.63. The second-order valence-corrected chi connectivity index (χ2v) is 7.17. The topological polar surface area (TPSA) is 24.5 Å². The Bertz CT molecular complexity index is 351. The number of rotatable bonds is 0. The van der Waals surface area contributed by atoms with E-state index >= 15 is 0 Å². The summed E-state index contributed by atoms with van der Waals surface area (Å²) in [6.45, 7) is 2.49. The second-order valence-electron chi connectivity index (χ2n) is 7.17. The summed E-state index contributed by atoms with van der Waals surface area (Å²) in [5.74, 6) is 1.82. The quantitative estimate of drug-likeness (QED) is 0.709. The molecule has 18 heavy (non-hydrogen) atoms. The summed E-state index contributed by atoms with van der Waals surface area (Å²) in [6.07, 6.45) is 11.5. The first-order chi connectivity index (χ1) is 8.91. The molecule has 3 heteroatoms. The molecule has 6 bridgehead atoms. The molecule has 0 amide bonds. The molecule has 1 aliphatic carbocycles. The van der Waals surface area contributed by atoms with Gasteiger partial charge in [0.05, 0.1) is 12.3 Å². The standard InChI is InChI=1S/C15H24N2O/c1-5-11-10-4-2-9-17-13(10)18-12(6-1)15(11)7-3-8-16-14(15)17/h10-14,16H,1-9H2/t10-,11+,12?,13?,14-,15-/m0/s1. The van der Waals surface area contributed by atoms with Crippen LogP contribution in [0, 0.1) is 17.3 Å². The van der Waals surface area contributed by atoms with Crippen LogP contribution < -0.4 is 5.32 Å². The molecule has 6 fully saturated rings. The van der Waals surface area contributed by atoms with E-state index in [1.54, 1.807) is 0 Å². The first-order valence-corrected chi connectivity index (χ1v) is 8.06. The SMILES string of the molecule is C1CC2OC3[C@H]4CCCN3[C@@H]3NCCC[C@]23[C@@H]4C1. The average Bonchev–Trinajstić information content (AvgIpc) is 2.40. The maximum absolute atomic E-state index is 6.57. The number of nitrogens with zero attached hydrogens (tertiary/aromatic N) is 1. The van der Waals surface area contributed by atoms with E-state index in [0.29, 0.717) is 23.9 Å². The van der Waals surface area contributed by atoms with E-state index in [1.165, 1.54) is 58.0 Å². The van der Waals surface area contributed by atoms with Crippen molar-refractivity contribution in [3.05, 3.63) is 0 Å². The van der Waals surface area contributed by atoms with Crippen LogP contribution in [0.1, 0.15) is 44.9 Å². The Labute approximate surface area is 109 Å². The van der Waals surface area contributed by atoms with Gasteiger partial charge in [0.1, 0.15) is 6.23 Å². The van der Waals surface area contributed by atoms with Gasteiger partial charge in [-0.2, -0.15) is 0 Å². The highest BCUT2D eigenvalue weighted by Gasteiger charge is 2.68. The number of piperidine rings is 3. The molecule has 7 atom stereocenters. The van der Waals surface area contributed by atoms with Crippen LogP contribution in [-0.4, -0.2) is 36.5 Å². The largest absolute Gasteiger partial charge is 0.359 e. The molecule has 6 aliphatic rings. The molecule has 1 spiro atoms. The molecule has 6 rings (SSSR count). The van der Waals surface area contributed by atoms with Crippen LogP contribution in [0.5, 0.6) is 0 Å². The van der Waals surface area contributed by atoms with Gasteiger partial charge in [-0.25, -0.2) is 0 Å². The van der Waals surface area contributed by atoms with E-state index in [0.717, 1.165) is 11.8 Å². The summed E-state index contributed by atoms with van der Waals surface area (Å²) < 4.78 is 6.57. The fourth-order valence-corrected chi connectivity index (χ4v) is 6.27. The molecule has 0 radical (unpaired) electrons. The van der Waals surface area contributed by atoms with Gasteiger partial charge >= 0.3 is 0 Å². The molecule has 5 heterocycles. The van der Waals surface area contributed by atoms with Crippen molar-refractivity contribution in [1.82, 2.24) is 10.2 Å². The minimum absolute atomic E-state index is 0.464. The molecule has 1 N–H and O–H groups in total. The van der Waals surface area contributed by atoms with Crippen LogP contribution in [-0.2, 0) is 4.74 Å². The monoisotopic (exact) mass is 248 g/mol. The lowest BCUT2D eigenvalue weighted by Crippen LogP contribution is -2.80. The molecule has 0 aromatic heterocycles.